The van der Waals surface area contributed by atoms with E-state index in [0.29, 0.717) is 6.04 Å². The molecular weight excluding hydrogens is 236 g/mol. The van der Waals surface area contributed by atoms with Gasteiger partial charge in [0.2, 0.25) is 0 Å². The first kappa shape index (κ1) is 14.0. The molecule has 0 saturated heterocycles. The third kappa shape index (κ3) is 3.53. The second kappa shape index (κ2) is 6.66. The molecule has 2 unspecified atom stereocenters. The fourth-order valence-electron chi connectivity index (χ4n) is 2.29. The first-order valence-corrected chi connectivity index (χ1v) is 7.26. The molecule has 0 aliphatic rings. The third-order valence-electron chi connectivity index (χ3n) is 3.81. The van der Waals surface area contributed by atoms with E-state index in [1.54, 1.807) is 0 Å². The highest BCUT2D eigenvalue weighted by Crippen LogP contribution is 2.12. The summed E-state index contributed by atoms with van der Waals surface area (Å²) in [7, 11) is 0. The van der Waals surface area contributed by atoms with Gasteiger partial charge in [0, 0.05) is 12.2 Å². The Morgan fingerprint density at radius 2 is 2.05 bits per heavy atom. The van der Waals surface area contributed by atoms with Crippen LogP contribution in [0.2, 0.25) is 0 Å². The topological polar surface area (TPSA) is 42.2 Å². The van der Waals surface area contributed by atoms with E-state index in [9.17, 15) is 0 Å². The van der Waals surface area contributed by atoms with E-state index in [1.165, 1.54) is 12.8 Å². The van der Waals surface area contributed by atoms with Crippen LogP contribution in [0.1, 0.15) is 45.9 Å². The summed E-state index contributed by atoms with van der Waals surface area (Å²) in [6, 6.07) is 6.54. The molecule has 2 aromatic rings. The highest BCUT2D eigenvalue weighted by Gasteiger charge is 2.11. The van der Waals surface area contributed by atoms with Crippen molar-refractivity contribution in [2.45, 2.75) is 52.6 Å². The monoisotopic (exact) mass is 260 g/mol. The number of pyridine rings is 1. The van der Waals surface area contributed by atoms with Gasteiger partial charge in [0.15, 0.2) is 11.5 Å². The van der Waals surface area contributed by atoms with E-state index in [0.717, 1.165) is 30.4 Å². The second-order valence-electron chi connectivity index (χ2n) is 5.28. The van der Waals surface area contributed by atoms with Crippen molar-refractivity contribution in [2.75, 3.05) is 0 Å². The van der Waals surface area contributed by atoms with Crippen molar-refractivity contribution in [1.82, 2.24) is 19.9 Å². The maximum Gasteiger partial charge on any atom is 0.160 e. The minimum Gasteiger partial charge on any atom is -0.307 e. The molecular formula is C15H24N4. The smallest absolute Gasteiger partial charge is 0.160 e. The summed E-state index contributed by atoms with van der Waals surface area (Å²) < 4.78 is 2.04. The van der Waals surface area contributed by atoms with Gasteiger partial charge in [-0.2, -0.15) is 0 Å². The van der Waals surface area contributed by atoms with Crippen molar-refractivity contribution < 1.29 is 0 Å². The molecule has 4 heteroatoms. The molecule has 0 amide bonds. The summed E-state index contributed by atoms with van der Waals surface area (Å²) in [5, 5.41) is 12.0. The van der Waals surface area contributed by atoms with E-state index in [2.05, 4.69) is 36.3 Å². The number of nitrogens with one attached hydrogen (secondary N) is 1. The molecule has 0 fully saturated rings. The Morgan fingerprint density at radius 1 is 1.21 bits per heavy atom. The molecule has 0 spiro atoms. The summed E-state index contributed by atoms with van der Waals surface area (Å²) in [6.45, 7) is 7.59. The molecule has 2 atom stereocenters. The number of aromatic nitrogens is 3. The van der Waals surface area contributed by atoms with Crippen LogP contribution in [0.5, 0.6) is 0 Å². The predicted molar refractivity (Wildman–Crippen MR) is 78.0 cm³/mol. The molecule has 0 bridgehead atoms. The summed E-state index contributed by atoms with van der Waals surface area (Å²) in [5.74, 6) is 1.76. The lowest BCUT2D eigenvalue weighted by Crippen LogP contribution is -2.30. The maximum absolute atomic E-state index is 4.25. The van der Waals surface area contributed by atoms with Gasteiger partial charge >= 0.3 is 0 Å². The molecule has 2 rings (SSSR count). The summed E-state index contributed by atoms with van der Waals surface area (Å²) in [6.07, 6.45) is 5.64. The molecule has 0 saturated carbocycles. The van der Waals surface area contributed by atoms with Gasteiger partial charge in [0.25, 0.3) is 0 Å². The molecule has 4 nitrogen and oxygen atoms in total. The number of hydrogen-bond acceptors (Lipinski definition) is 3. The fraction of sp³-hybridized carbons (Fsp3) is 0.600. The lowest BCUT2D eigenvalue weighted by molar-refractivity contribution is 0.380. The zero-order valence-electron chi connectivity index (χ0n) is 12.1. The molecule has 19 heavy (non-hydrogen) atoms. The Bertz CT molecular complexity index is 506. The highest BCUT2D eigenvalue weighted by molar-refractivity contribution is 5.36. The van der Waals surface area contributed by atoms with Gasteiger partial charge in [0.05, 0.1) is 6.54 Å². The average Bonchev–Trinajstić information content (AvgIpc) is 2.86. The van der Waals surface area contributed by atoms with Crippen molar-refractivity contribution in [3.63, 3.8) is 0 Å². The zero-order chi connectivity index (χ0) is 13.7. The lowest BCUT2D eigenvalue weighted by Gasteiger charge is -2.19. The van der Waals surface area contributed by atoms with Crippen molar-refractivity contribution >= 4 is 5.65 Å². The van der Waals surface area contributed by atoms with Crippen LogP contribution in [0.25, 0.3) is 5.65 Å². The number of fused-ring (bicyclic) bond motifs is 1. The van der Waals surface area contributed by atoms with Gasteiger partial charge in [-0.1, -0.05) is 33.3 Å². The third-order valence-corrected chi connectivity index (χ3v) is 3.81. The normalized spacial score (nSPS) is 14.7. The van der Waals surface area contributed by atoms with Gasteiger partial charge in [-0.3, -0.25) is 4.40 Å². The first-order chi connectivity index (χ1) is 9.24. The standard InChI is InChI=1S/C15H24N4/c1-4-12(3)10-13(5-2)16-11-15-18-17-14-8-6-7-9-19(14)15/h6-9,12-13,16H,4-5,10-11H2,1-3H3. The zero-order valence-corrected chi connectivity index (χ0v) is 12.1. The number of rotatable bonds is 7. The van der Waals surface area contributed by atoms with Crippen molar-refractivity contribution in [3.05, 3.63) is 30.2 Å². The van der Waals surface area contributed by atoms with Crippen molar-refractivity contribution in [2.24, 2.45) is 5.92 Å². The summed E-state index contributed by atoms with van der Waals surface area (Å²) >= 11 is 0. The minimum absolute atomic E-state index is 0.561. The average molecular weight is 260 g/mol. The Balaban J connectivity index is 1.97. The molecule has 0 aliphatic heterocycles. The van der Waals surface area contributed by atoms with Crippen LogP contribution >= 0.6 is 0 Å². The fourth-order valence-corrected chi connectivity index (χ4v) is 2.29. The molecule has 104 valence electrons. The Morgan fingerprint density at radius 3 is 2.79 bits per heavy atom. The quantitative estimate of drug-likeness (QED) is 0.832. The SMILES string of the molecule is CCC(C)CC(CC)NCc1nnc2ccccn12. The van der Waals surface area contributed by atoms with E-state index in [4.69, 9.17) is 0 Å². The van der Waals surface area contributed by atoms with Gasteiger partial charge in [-0.25, -0.2) is 0 Å². The van der Waals surface area contributed by atoms with Crippen molar-refractivity contribution in [3.8, 4) is 0 Å². The summed E-state index contributed by atoms with van der Waals surface area (Å²) in [5.41, 5.74) is 0.911. The molecule has 1 N–H and O–H groups in total. The van der Waals surface area contributed by atoms with Crippen LogP contribution in [0.4, 0.5) is 0 Å². The van der Waals surface area contributed by atoms with Gasteiger partial charge < -0.3 is 5.32 Å². The number of hydrogen-bond donors (Lipinski definition) is 1. The van der Waals surface area contributed by atoms with Crippen LogP contribution in [0, 0.1) is 5.92 Å². The van der Waals surface area contributed by atoms with E-state index < -0.39 is 0 Å². The highest BCUT2D eigenvalue weighted by atomic mass is 15.3. The maximum atomic E-state index is 4.25. The lowest BCUT2D eigenvalue weighted by atomic mass is 9.98. The Kier molecular flexibility index (Phi) is 4.91. The van der Waals surface area contributed by atoms with Crippen LogP contribution in [0.3, 0.4) is 0 Å². The molecule has 2 heterocycles. The molecule has 0 radical (unpaired) electrons. The summed E-state index contributed by atoms with van der Waals surface area (Å²) in [4.78, 5) is 0. The molecule has 2 aromatic heterocycles. The largest absolute Gasteiger partial charge is 0.307 e. The van der Waals surface area contributed by atoms with Gasteiger partial charge in [-0.05, 0) is 30.9 Å². The van der Waals surface area contributed by atoms with E-state index in [1.807, 2.05) is 28.8 Å². The number of nitrogens with zero attached hydrogens (tertiary/aromatic N) is 3. The van der Waals surface area contributed by atoms with Gasteiger partial charge in [0.1, 0.15) is 0 Å². The first-order valence-electron chi connectivity index (χ1n) is 7.26. The predicted octanol–water partition coefficient (Wildman–Crippen LogP) is 3.03. The van der Waals surface area contributed by atoms with E-state index >= 15 is 0 Å². The molecule has 0 aromatic carbocycles. The van der Waals surface area contributed by atoms with Crippen LogP contribution < -0.4 is 5.32 Å². The van der Waals surface area contributed by atoms with Crippen LogP contribution in [0.15, 0.2) is 24.4 Å². The molecule has 0 aliphatic carbocycles. The van der Waals surface area contributed by atoms with Gasteiger partial charge in [-0.15, -0.1) is 10.2 Å². The van der Waals surface area contributed by atoms with Crippen LogP contribution in [-0.2, 0) is 6.54 Å². The second-order valence-corrected chi connectivity index (χ2v) is 5.28. The Hall–Kier alpha value is -1.42. The van der Waals surface area contributed by atoms with E-state index in [-0.39, 0.29) is 0 Å². The van der Waals surface area contributed by atoms with Crippen molar-refractivity contribution in [1.29, 1.82) is 0 Å². The minimum atomic E-state index is 0.561. The van der Waals surface area contributed by atoms with Crippen LogP contribution in [-0.4, -0.2) is 20.6 Å². The Labute approximate surface area is 115 Å².